The Morgan fingerprint density at radius 1 is 1.08 bits per heavy atom. The van der Waals surface area contributed by atoms with E-state index in [9.17, 15) is 0 Å². The maximum atomic E-state index is 2.50. The molecule has 0 heteroatoms. The Kier molecular flexibility index (Phi) is 2.42. The second-order valence-corrected chi connectivity index (χ2v) is 6.17. The van der Waals surface area contributed by atoms with Crippen molar-refractivity contribution in [1.29, 1.82) is 0 Å². The number of rotatable bonds is 0. The molecule has 0 spiro atoms. The van der Waals surface area contributed by atoms with Gasteiger partial charge < -0.3 is 0 Å². The molecule has 2 aliphatic carbocycles. The summed E-state index contributed by atoms with van der Waals surface area (Å²) in [6.45, 7) is 7.44. The molecule has 3 unspecified atom stereocenters. The lowest BCUT2D eigenvalue weighted by molar-refractivity contribution is 0.0240. The van der Waals surface area contributed by atoms with E-state index in [1.165, 1.54) is 38.5 Å². The lowest BCUT2D eigenvalue weighted by Gasteiger charge is -2.48. The van der Waals surface area contributed by atoms with Crippen LogP contribution in [0.25, 0.3) is 0 Å². The van der Waals surface area contributed by atoms with Crippen LogP contribution in [0.4, 0.5) is 0 Å². The van der Waals surface area contributed by atoms with Gasteiger partial charge in [-0.2, -0.15) is 0 Å². The van der Waals surface area contributed by atoms with E-state index in [1.807, 2.05) is 0 Å². The highest BCUT2D eigenvalue weighted by atomic mass is 14.5. The van der Waals surface area contributed by atoms with Gasteiger partial charge in [0.2, 0.25) is 0 Å². The molecule has 0 aromatic carbocycles. The van der Waals surface area contributed by atoms with Gasteiger partial charge in [0, 0.05) is 0 Å². The molecule has 0 bridgehead atoms. The summed E-state index contributed by atoms with van der Waals surface area (Å²) in [5.74, 6) is 3.14. The average molecular weight is 180 g/mol. The van der Waals surface area contributed by atoms with Crippen molar-refractivity contribution in [3.63, 3.8) is 0 Å². The summed E-state index contributed by atoms with van der Waals surface area (Å²) in [4.78, 5) is 0. The molecule has 0 radical (unpaired) electrons. The molecule has 0 N–H and O–H groups in total. The molecular formula is C13H24. The van der Waals surface area contributed by atoms with Gasteiger partial charge in [0.15, 0.2) is 0 Å². The van der Waals surface area contributed by atoms with Crippen molar-refractivity contribution < 1.29 is 0 Å². The van der Waals surface area contributed by atoms with E-state index >= 15 is 0 Å². The lowest BCUT2D eigenvalue weighted by atomic mass is 9.57. The van der Waals surface area contributed by atoms with Gasteiger partial charge in [0.1, 0.15) is 0 Å². The van der Waals surface area contributed by atoms with Gasteiger partial charge in [-0.3, -0.25) is 0 Å². The van der Waals surface area contributed by atoms with Gasteiger partial charge >= 0.3 is 0 Å². The predicted molar refractivity (Wildman–Crippen MR) is 57.6 cm³/mol. The van der Waals surface area contributed by atoms with Gasteiger partial charge in [0.25, 0.3) is 0 Å². The van der Waals surface area contributed by atoms with Crippen LogP contribution in [-0.2, 0) is 0 Å². The number of hydrogen-bond acceptors (Lipinski definition) is 0. The zero-order valence-electron chi connectivity index (χ0n) is 9.47. The van der Waals surface area contributed by atoms with Crippen molar-refractivity contribution in [2.45, 2.75) is 59.3 Å². The third-order valence-electron chi connectivity index (χ3n) is 4.64. The van der Waals surface area contributed by atoms with Gasteiger partial charge in [-0.15, -0.1) is 0 Å². The van der Waals surface area contributed by atoms with Gasteiger partial charge in [-0.1, -0.05) is 40.0 Å². The fourth-order valence-electron chi connectivity index (χ4n) is 3.85. The summed E-state index contributed by atoms with van der Waals surface area (Å²) < 4.78 is 0. The van der Waals surface area contributed by atoms with Gasteiger partial charge in [-0.05, 0) is 42.4 Å². The Labute approximate surface area is 83.1 Å². The highest BCUT2D eigenvalue weighted by molar-refractivity contribution is 4.91. The second-order valence-electron chi connectivity index (χ2n) is 6.17. The maximum Gasteiger partial charge on any atom is -0.0323 e. The van der Waals surface area contributed by atoms with Crippen LogP contribution in [0.2, 0.25) is 0 Å². The first-order chi connectivity index (χ1) is 6.09. The minimum Gasteiger partial charge on any atom is -0.0625 e. The normalized spacial score (nSPS) is 44.1. The lowest BCUT2D eigenvalue weighted by Crippen LogP contribution is -2.38. The molecule has 0 amide bonds. The Bertz CT molecular complexity index is 180. The summed E-state index contributed by atoms with van der Waals surface area (Å²) in [6, 6.07) is 0. The fraction of sp³-hybridized carbons (Fsp3) is 1.00. The zero-order chi connectivity index (χ0) is 9.47. The molecule has 0 aliphatic heterocycles. The van der Waals surface area contributed by atoms with Gasteiger partial charge in [0.05, 0.1) is 0 Å². The average Bonchev–Trinajstić information content (AvgIpc) is 2.02. The first-order valence-electron chi connectivity index (χ1n) is 6.09. The van der Waals surface area contributed by atoms with Crippen molar-refractivity contribution >= 4 is 0 Å². The quantitative estimate of drug-likeness (QED) is 0.523. The summed E-state index contributed by atoms with van der Waals surface area (Å²) in [5.41, 5.74) is 0.656. The van der Waals surface area contributed by atoms with Crippen LogP contribution in [0.5, 0.6) is 0 Å². The highest BCUT2D eigenvalue weighted by Gasteiger charge is 2.41. The highest BCUT2D eigenvalue weighted by Crippen LogP contribution is 2.51. The Morgan fingerprint density at radius 2 is 1.85 bits per heavy atom. The van der Waals surface area contributed by atoms with Crippen molar-refractivity contribution in [1.82, 2.24) is 0 Å². The second kappa shape index (κ2) is 3.29. The van der Waals surface area contributed by atoms with Crippen LogP contribution in [-0.4, -0.2) is 0 Å². The van der Waals surface area contributed by atoms with Crippen LogP contribution in [0, 0.1) is 23.2 Å². The minimum atomic E-state index is 0.656. The van der Waals surface area contributed by atoms with Crippen LogP contribution < -0.4 is 0 Å². The Morgan fingerprint density at radius 3 is 2.62 bits per heavy atom. The monoisotopic (exact) mass is 180 g/mol. The van der Waals surface area contributed by atoms with E-state index in [2.05, 4.69) is 20.8 Å². The molecule has 0 aromatic heterocycles. The molecule has 2 aliphatic rings. The fourth-order valence-corrected chi connectivity index (χ4v) is 3.85. The van der Waals surface area contributed by atoms with Gasteiger partial charge in [-0.25, -0.2) is 0 Å². The summed E-state index contributed by atoms with van der Waals surface area (Å²) in [6.07, 6.45) is 9.01. The third-order valence-corrected chi connectivity index (χ3v) is 4.64. The topological polar surface area (TPSA) is 0 Å². The molecule has 2 rings (SSSR count). The Balaban J connectivity index is 2.08. The molecule has 2 fully saturated rings. The number of fused-ring (bicyclic) bond motifs is 1. The van der Waals surface area contributed by atoms with Crippen molar-refractivity contribution in [2.24, 2.45) is 23.2 Å². The van der Waals surface area contributed by atoms with E-state index in [4.69, 9.17) is 0 Å². The van der Waals surface area contributed by atoms with Crippen LogP contribution in [0.15, 0.2) is 0 Å². The molecule has 13 heavy (non-hydrogen) atoms. The zero-order valence-corrected chi connectivity index (χ0v) is 9.47. The van der Waals surface area contributed by atoms with Crippen LogP contribution >= 0.6 is 0 Å². The van der Waals surface area contributed by atoms with E-state index in [0.29, 0.717) is 5.41 Å². The van der Waals surface area contributed by atoms with E-state index in [-0.39, 0.29) is 0 Å². The van der Waals surface area contributed by atoms with Crippen molar-refractivity contribution in [3.8, 4) is 0 Å². The smallest absolute Gasteiger partial charge is 0.0323 e. The first-order valence-corrected chi connectivity index (χ1v) is 6.09. The molecule has 3 atom stereocenters. The maximum absolute atomic E-state index is 2.50. The van der Waals surface area contributed by atoms with E-state index in [1.54, 1.807) is 0 Å². The number of hydrogen-bond donors (Lipinski definition) is 0. The molecule has 0 saturated heterocycles. The molecule has 76 valence electrons. The molecule has 0 aromatic rings. The molecular weight excluding hydrogens is 156 g/mol. The summed E-state index contributed by atoms with van der Waals surface area (Å²) >= 11 is 0. The van der Waals surface area contributed by atoms with Crippen LogP contribution in [0.1, 0.15) is 59.3 Å². The van der Waals surface area contributed by atoms with E-state index < -0.39 is 0 Å². The summed E-state index contributed by atoms with van der Waals surface area (Å²) in [5, 5.41) is 0. The summed E-state index contributed by atoms with van der Waals surface area (Å²) in [7, 11) is 0. The standard InChI is InChI=1S/C13H24/c1-10-6-7-12-11(9-10)5-4-8-13(12,2)3/h10-12H,4-9H2,1-3H3. The Hall–Kier alpha value is 0. The first kappa shape index (κ1) is 9.55. The SMILES string of the molecule is CC1CCC2C(CCCC2(C)C)C1. The predicted octanol–water partition coefficient (Wildman–Crippen LogP) is 4.25. The largest absolute Gasteiger partial charge is 0.0625 e. The van der Waals surface area contributed by atoms with Crippen molar-refractivity contribution in [3.05, 3.63) is 0 Å². The van der Waals surface area contributed by atoms with Crippen molar-refractivity contribution in [2.75, 3.05) is 0 Å². The molecule has 0 nitrogen and oxygen atoms in total. The minimum absolute atomic E-state index is 0.656. The molecule has 0 heterocycles. The van der Waals surface area contributed by atoms with E-state index in [0.717, 1.165) is 17.8 Å². The molecule has 2 saturated carbocycles. The van der Waals surface area contributed by atoms with Crippen LogP contribution in [0.3, 0.4) is 0 Å². The third kappa shape index (κ3) is 1.78.